The first-order valence-corrected chi connectivity index (χ1v) is 11.6. The van der Waals surface area contributed by atoms with Crippen molar-refractivity contribution < 1.29 is 14.7 Å². The van der Waals surface area contributed by atoms with Gasteiger partial charge < -0.3 is 15.0 Å². The molecule has 0 aromatic carbocycles. The number of carbonyl (C=O) groups is 2. The number of carboxylic acids is 1. The van der Waals surface area contributed by atoms with Gasteiger partial charge in [-0.3, -0.25) is 24.4 Å². The summed E-state index contributed by atoms with van der Waals surface area (Å²) in [5.74, 6) is -1.32. The Morgan fingerprint density at radius 1 is 1.11 bits per heavy atom. The number of aromatic nitrogens is 3. The van der Waals surface area contributed by atoms with Gasteiger partial charge >= 0.3 is 5.97 Å². The molecule has 0 aliphatic heterocycles. The molecule has 1 amide bonds. The normalized spacial score (nSPS) is 12.9. The molecule has 8 nitrogen and oxygen atoms in total. The first-order chi connectivity index (χ1) is 16.6. The van der Waals surface area contributed by atoms with Gasteiger partial charge in [0.05, 0.1) is 12.5 Å². The fraction of sp³-hybridized carbons (Fsp3) is 0.370. The smallest absolute Gasteiger partial charge is 0.305 e. The number of hydrogen-bond acceptors (Lipinski definition) is 5. The molecule has 0 spiro atoms. The van der Waals surface area contributed by atoms with Gasteiger partial charge in [-0.1, -0.05) is 13.8 Å². The first-order valence-electron chi connectivity index (χ1n) is 11.6. The van der Waals surface area contributed by atoms with E-state index in [-0.39, 0.29) is 17.9 Å². The second-order valence-electron chi connectivity index (χ2n) is 9.35. The molecule has 0 saturated heterocycles. The number of amides is 1. The number of nitrogens with zero attached hydrogens (tertiary/aromatic N) is 3. The Morgan fingerprint density at radius 3 is 2.49 bits per heavy atom. The van der Waals surface area contributed by atoms with Crippen LogP contribution in [0.2, 0.25) is 0 Å². The summed E-state index contributed by atoms with van der Waals surface area (Å²) in [4.78, 5) is 46.5. The van der Waals surface area contributed by atoms with Crippen LogP contribution in [0.15, 0.2) is 53.8 Å². The van der Waals surface area contributed by atoms with E-state index in [1.807, 2.05) is 46.8 Å². The minimum Gasteiger partial charge on any atom is -0.481 e. The van der Waals surface area contributed by atoms with Crippen molar-refractivity contribution in [2.24, 2.45) is 5.92 Å². The fourth-order valence-electron chi connectivity index (χ4n) is 4.25. The Morgan fingerprint density at radius 2 is 1.86 bits per heavy atom. The highest BCUT2D eigenvalue weighted by Crippen LogP contribution is 2.29. The maximum atomic E-state index is 13.5. The third kappa shape index (κ3) is 6.41. The summed E-state index contributed by atoms with van der Waals surface area (Å²) < 4.78 is 1.41. The summed E-state index contributed by atoms with van der Waals surface area (Å²) in [5.41, 5.74) is 4.68. The highest BCUT2D eigenvalue weighted by molar-refractivity contribution is 5.82. The minimum atomic E-state index is -1.05. The quantitative estimate of drug-likeness (QED) is 0.480. The van der Waals surface area contributed by atoms with Crippen LogP contribution in [0.1, 0.15) is 61.2 Å². The van der Waals surface area contributed by atoms with Crippen molar-refractivity contribution in [1.29, 1.82) is 0 Å². The summed E-state index contributed by atoms with van der Waals surface area (Å²) in [6, 6.07) is 5.43. The van der Waals surface area contributed by atoms with E-state index in [0.717, 1.165) is 27.9 Å². The van der Waals surface area contributed by atoms with Crippen molar-refractivity contribution in [3.63, 3.8) is 0 Å². The van der Waals surface area contributed by atoms with Gasteiger partial charge in [-0.05, 0) is 68.0 Å². The summed E-state index contributed by atoms with van der Waals surface area (Å²) in [6.07, 6.45) is 6.73. The third-order valence-electron chi connectivity index (χ3n) is 5.93. The molecule has 184 valence electrons. The average molecular weight is 477 g/mol. The van der Waals surface area contributed by atoms with Crippen LogP contribution in [0, 0.1) is 26.7 Å². The molecule has 2 N–H and O–H groups in total. The average Bonchev–Trinajstić information content (AvgIpc) is 2.77. The zero-order valence-corrected chi connectivity index (χ0v) is 20.8. The van der Waals surface area contributed by atoms with Crippen molar-refractivity contribution >= 4 is 11.9 Å². The standard InChI is InChI=1S/C27H32N4O4/c1-16(2)10-23(31-9-7-17(3)11-24(31)32)27(35)30-22(13-25(33)34)20-12-21(15-28-14-20)26-18(4)6-8-29-19(26)5/h6-9,11-12,14-16,22-23H,10,13H2,1-5H3,(H,30,35)(H,33,34)/t22-,23?/m0/s1. The third-order valence-corrected chi connectivity index (χ3v) is 5.93. The largest absolute Gasteiger partial charge is 0.481 e. The molecule has 0 bridgehead atoms. The van der Waals surface area contributed by atoms with E-state index in [1.165, 1.54) is 10.6 Å². The number of carboxylic acid groups (broad SMARTS) is 1. The predicted octanol–water partition coefficient (Wildman–Crippen LogP) is 4.15. The molecule has 3 rings (SSSR count). The van der Waals surface area contributed by atoms with E-state index in [2.05, 4.69) is 15.3 Å². The Bertz CT molecular complexity index is 1260. The van der Waals surface area contributed by atoms with E-state index in [4.69, 9.17) is 0 Å². The highest BCUT2D eigenvalue weighted by atomic mass is 16.4. The molecular weight excluding hydrogens is 444 g/mol. The van der Waals surface area contributed by atoms with Crippen LogP contribution in [0.3, 0.4) is 0 Å². The highest BCUT2D eigenvalue weighted by Gasteiger charge is 2.27. The molecule has 0 radical (unpaired) electrons. The molecule has 35 heavy (non-hydrogen) atoms. The number of pyridine rings is 3. The van der Waals surface area contributed by atoms with Crippen molar-refractivity contribution in [3.8, 4) is 11.1 Å². The second kappa shape index (κ2) is 11.1. The van der Waals surface area contributed by atoms with Gasteiger partial charge in [0.15, 0.2) is 0 Å². The van der Waals surface area contributed by atoms with Crippen molar-refractivity contribution in [3.05, 3.63) is 81.8 Å². The zero-order chi connectivity index (χ0) is 25.7. The molecule has 3 aromatic heterocycles. The van der Waals surface area contributed by atoms with Gasteiger partial charge in [-0.2, -0.15) is 0 Å². The molecule has 1 unspecified atom stereocenters. The summed E-state index contributed by atoms with van der Waals surface area (Å²) in [5, 5.41) is 12.5. The number of hydrogen-bond donors (Lipinski definition) is 2. The van der Waals surface area contributed by atoms with Crippen molar-refractivity contribution in [2.45, 2.75) is 59.5 Å². The lowest BCUT2D eigenvalue weighted by Crippen LogP contribution is -2.40. The Balaban J connectivity index is 1.98. The van der Waals surface area contributed by atoms with Crippen LogP contribution >= 0.6 is 0 Å². The lowest BCUT2D eigenvalue weighted by atomic mass is 9.96. The number of aliphatic carboxylic acids is 1. The SMILES string of the molecule is Cc1ccn(C(CC(C)C)C(=O)N[C@@H](CC(=O)O)c2cncc(-c3c(C)ccnc3C)c2)c(=O)c1. The van der Waals surface area contributed by atoms with Crippen LogP contribution in [0.25, 0.3) is 11.1 Å². The van der Waals surface area contributed by atoms with Crippen molar-refractivity contribution in [1.82, 2.24) is 19.9 Å². The monoisotopic (exact) mass is 476 g/mol. The molecule has 0 aliphatic rings. The lowest BCUT2D eigenvalue weighted by Gasteiger charge is -2.25. The van der Waals surface area contributed by atoms with E-state index in [9.17, 15) is 19.5 Å². The minimum absolute atomic E-state index is 0.137. The molecule has 0 fully saturated rings. The summed E-state index contributed by atoms with van der Waals surface area (Å²) >= 11 is 0. The summed E-state index contributed by atoms with van der Waals surface area (Å²) in [7, 11) is 0. The number of nitrogens with one attached hydrogen (secondary N) is 1. The van der Waals surface area contributed by atoms with Gasteiger partial charge in [0.1, 0.15) is 6.04 Å². The van der Waals surface area contributed by atoms with Crippen LogP contribution in [-0.2, 0) is 9.59 Å². The number of rotatable bonds is 9. The number of aryl methyl sites for hydroxylation is 3. The second-order valence-corrected chi connectivity index (χ2v) is 9.35. The van der Waals surface area contributed by atoms with Crippen LogP contribution in [0.5, 0.6) is 0 Å². The Kier molecular flexibility index (Phi) is 8.17. The van der Waals surface area contributed by atoms with Gasteiger partial charge in [-0.15, -0.1) is 0 Å². The van der Waals surface area contributed by atoms with Crippen LogP contribution in [0.4, 0.5) is 0 Å². The van der Waals surface area contributed by atoms with Gasteiger partial charge in [0.25, 0.3) is 5.56 Å². The van der Waals surface area contributed by atoms with Gasteiger partial charge in [0, 0.05) is 47.7 Å². The summed E-state index contributed by atoms with van der Waals surface area (Å²) in [6.45, 7) is 9.64. The maximum Gasteiger partial charge on any atom is 0.305 e. The number of carbonyl (C=O) groups excluding carboxylic acids is 1. The lowest BCUT2D eigenvalue weighted by molar-refractivity contribution is -0.138. The molecule has 2 atom stereocenters. The van der Waals surface area contributed by atoms with E-state index >= 15 is 0 Å². The van der Waals surface area contributed by atoms with E-state index in [1.54, 1.807) is 30.9 Å². The van der Waals surface area contributed by atoms with E-state index < -0.39 is 24.0 Å². The molecule has 3 heterocycles. The Hall–Kier alpha value is -3.81. The van der Waals surface area contributed by atoms with Gasteiger partial charge in [0.2, 0.25) is 5.91 Å². The topological polar surface area (TPSA) is 114 Å². The predicted molar refractivity (Wildman–Crippen MR) is 134 cm³/mol. The first kappa shape index (κ1) is 25.8. The fourth-order valence-corrected chi connectivity index (χ4v) is 4.25. The Labute approximate surface area is 205 Å². The zero-order valence-electron chi connectivity index (χ0n) is 20.8. The molecule has 8 heteroatoms. The molecular formula is C27H32N4O4. The van der Waals surface area contributed by atoms with Crippen LogP contribution in [-0.4, -0.2) is 31.5 Å². The van der Waals surface area contributed by atoms with E-state index in [0.29, 0.717) is 12.0 Å². The van der Waals surface area contributed by atoms with Gasteiger partial charge in [-0.25, -0.2) is 0 Å². The molecule has 0 saturated carbocycles. The molecule has 0 aliphatic carbocycles. The van der Waals surface area contributed by atoms with Crippen molar-refractivity contribution in [2.75, 3.05) is 0 Å². The maximum absolute atomic E-state index is 13.5. The molecule has 3 aromatic rings. The van der Waals surface area contributed by atoms with Crippen LogP contribution < -0.4 is 10.9 Å².